The minimum absolute atomic E-state index is 0.0190. The van der Waals surface area contributed by atoms with Crippen LogP contribution in [0.4, 0.5) is 0 Å². The van der Waals surface area contributed by atoms with Crippen LogP contribution in [0.25, 0.3) is 0 Å². The molecule has 0 unspecified atom stereocenters. The molecule has 1 aromatic rings. The zero-order valence-electron chi connectivity index (χ0n) is 10.5. The fourth-order valence-corrected chi connectivity index (χ4v) is 2.11. The van der Waals surface area contributed by atoms with Crippen LogP contribution in [0.2, 0.25) is 0 Å². The maximum Gasteiger partial charge on any atom is 0.230 e. The van der Waals surface area contributed by atoms with E-state index in [0.29, 0.717) is 18.9 Å². The van der Waals surface area contributed by atoms with Gasteiger partial charge in [-0.15, -0.1) is 11.8 Å². The van der Waals surface area contributed by atoms with Crippen LogP contribution < -0.4 is 5.32 Å². The lowest BCUT2D eigenvalue weighted by Crippen LogP contribution is -2.24. The summed E-state index contributed by atoms with van der Waals surface area (Å²) < 4.78 is 4.90. The maximum atomic E-state index is 11.5. The van der Waals surface area contributed by atoms with Crippen molar-refractivity contribution in [2.24, 2.45) is 0 Å². The number of amides is 1. The molecule has 0 heterocycles. The van der Waals surface area contributed by atoms with E-state index < -0.39 is 0 Å². The van der Waals surface area contributed by atoms with Gasteiger partial charge < -0.3 is 15.2 Å². The number of hydrogen-bond acceptors (Lipinski definition) is 4. The molecular formula is C13H19NO3S. The molecule has 0 aliphatic rings. The molecule has 0 aliphatic heterocycles. The zero-order chi connectivity index (χ0) is 13.2. The Hall–Kier alpha value is -1.04. The quantitative estimate of drug-likeness (QED) is 0.696. The largest absolute Gasteiger partial charge is 0.392 e. The van der Waals surface area contributed by atoms with Crippen molar-refractivity contribution in [2.75, 3.05) is 25.2 Å². The van der Waals surface area contributed by atoms with E-state index in [4.69, 9.17) is 9.84 Å². The van der Waals surface area contributed by atoms with E-state index >= 15 is 0 Å². The number of aliphatic hydroxyl groups is 1. The topological polar surface area (TPSA) is 58.6 Å². The third-order valence-corrected chi connectivity index (χ3v) is 3.25. The molecule has 0 saturated heterocycles. The van der Waals surface area contributed by atoms with Gasteiger partial charge in [-0.1, -0.05) is 24.3 Å². The Balaban J connectivity index is 2.24. The predicted molar refractivity (Wildman–Crippen MR) is 73.4 cm³/mol. The summed E-state index contributed by atoms with van der Waals surface area (Å²) in [5.41, 5.74) is 1.85. The van der Waals surface area contributed by atoms with E-state index in [0.717, 1.165) is 16.9 Å². The summed E-state index contributed by atoms with van der Waals surface area (Å²) in [6, 6.07) is 7.54. The lowest BCUT2D eigenvalue weighted by atomic mass is 10.1. The molecule has 0 radical (unpaired) electrons. The number of methoxy groups -OCH3 is 1. The molecule has 0 fully saturated rings. The Labute approximate surface area is 112 Å². The Morgan fingerprint density at radius 3 is 2.94 bits per heavy atom. The smallest absolute Gasteiger partial charge is 0.230 e. The molecule has 100 valence electrons. The van der Waals surface area contributed by atoms with Gasteiger partial charge in [0.15, 0.2) is 0 Å². The minimum Gasteiger partial charge on any atom is -0.392 e. The molecule has 0 aliphatic carbocycles. The number of nitrogens with one attached hydrogen (secondary N) is 1. The molecule has 4 nitrogen and oxygen atoms in total. The number of aliphatic hydroxyl groups excluding tert-OH is 1. The third kappa shape index (κ3) is 6.05. The van der Waals surface area contributed by atoms with Crippen LogP contribution in [0.1, 0.15) is 11.1 Å². The minimum atomic E-state index is 0.0190. The lowest BCUT2D eigenvalue weighted by molar-refractivity contribution is -0.118. The number of ether oxygens (including phenoxy) is 1. The standard InChI is InChI=1S/C13H19NO3S/c1-17-5-6-18-10-13(16)14-8-11-3-2-4-12(7-11)9-15/h2-4,7,15H,5-6,8-10H2,1H3,(H,14,16). The van der Waals surface area contributed by atoms with Crippen molar-refractivity contribution >= 4 is 17.7 Å². The van der Waals surface area contributed by atoms with Gasteiger partial charge in [0, 0.05) is 19.4 Å². The Kier molecular flexibility index (Phi) is 7.48. The number of carbonyl (C=O) groups excluding carboxylic acids is 1. The highest BCUT2D eigenvalue weighted by atomic mass is 32.2. The van der Waals surface area contributed by atoms with Crippen LogP contribution >= 0.6 is 11.8 Å². The van der Waals surface area contributed by atoms with E-state index in [1.807, 2.05) is 24.3 Å². The molecule has 1 rings (SSSR count). The maximum absolute atomic E-state index is 11.5. The second kappa shape index (κ2) is 8.97. The first kappa shape index (κ1) is 15.0. The second-order valence-corrected chi connectivity index (χ2v) is 4.91. The first-order valence-corrected chi connectivity index (χ1v) is 6.93. The van der Waals surface area contributed by atoms with E-state index in [2.05, 4.69) is 5.32 Å². The molecule has 0 atom stereocenters. The summed E-state index contributed by atoms with van der Waals surface area (Å²) in [6.07, 6.45) is 0. The van der Waals surface area contributed by atoms with Gasteiger partial charge >= 0.3 is 0 Å². The summed E-state index contributed by atoms with van der Waals surface area (Å²) in [5, 5.41) is 11.8. The molecule has 0 saturated carbocycles. The highest BCUT2D eigenvalue weighted by Gasteiger charge is 2.02. The Bertz CT molecular complexity index is 371. The number of hydrogen-bond donors (Lipinski definition) is 2. The number of benzene rings is 1. The van der Waals surface area contributed by atoms with Crippen LogP contribution in [0.5, 0.6) is 0 Å². The monoisotopic (exact) mass is 269 g/mol. The number of rotatable bonds is 8. The average Bonchev–Trinajstić information content (AvgIpc) is 2.41. The first-order valence-electron chi connectivity index (χ1n) is 5.78. The van der Waals surface area contributed by atoms with Crippen LogP contribution in [-0.2, 0) is 22.7 Å². The Morgan fingerprint density at radius 2 is 2.22 bits per heavy atom. The third-order valence-electron chi connectivity index (χ3n) is 2.33. The molecular weight excluding hydrogens is 250 g/mol. The summed E-state index contributed by atoms with van der Waals surface area (Å²) in [5.74, 6) is 1.29. The fourth-order valence-electron chi connectivity index (χ4n) is 1.40. The lowest BCUT2D eigenvalue weighted by Gasteiger charge is -2.06. The van der Waals surface area contributed by atoms with Gasteiger partial charge in [0.1, 0.15) is 0 Å². The second-order valence-electron chi connectivity index (χ2n) is 3.80. The van der Waals surface area contributed by atoms with Gasteiger partial charge in [0.2, 0.25) is 5.91 Å². The number of carbonyl (C=O) groups is 1. The van der Waals surface area contributed by atoms with Gasteiger partial charge in [0.05, 0.1) is 19.0 Å². The van der Waals surface area contributed by atoms with Gasteiger partial charge in [-0.2, -0.15) is 0 Å². The van der Waals surface area contributed by atoms with Crippen LogP contribution in [0.15, 0.2) is 24.3 Å². The van der Waals surface area contributed by atoms with E-state index in [1.165, 1.54) is 0 Å². The number of thioether (sulfide) groups is 1. The molecule has 0 spiro atoms. The fraction of sp³-hybridized carbons (Fsp3) is 0.462. The molecule has 5 heteroatoms. The molecule has 0 aromatic heterocycles. The van der Waals surface area contributed by atoms with E-state index in [-0.39, 0.29) is 12.5 Å². The summed E-state index contributed by atoms with van der Waals surface area (Å²) in [4.78, 5) is 11.5. The SMILES string of the molecule is COCCSCC(=O)NCc1cccc(CO)c1. The van der Waals surface area contributed by atoms with Crippen molar-refractivity contribution in [1.29, 1.82) is 0 Å². The van der Waals surface area contributed by atoms with Crippen LogP contribution in [0, 0.1) is 0 Å². The highest BCUT2D eigenvalue weighted by Crippen LogP contribution is 2.05. The van der Waals surface area contributed by atoms with Crippen molar-refractivity contribution in [3.8, 4) is 0 Å². The molecule has 1 aromatic carbocycles. The van der Waals surface area contributed by atoms with Crippen LogP contribution in [0.3, 0.4) is 0 Å². The Morgan fingerprint density at radius 1 is 1.44 bits per heavy atom. The summed E-state index contributed by atoms with van der Waals surface area (Å²) >= 11 is 1.55. The van der Waals surface area contributed by atoms with Gasteiger partial charge in [-0.3, -0.25) is 4.79 Å². The molecule has 2 N–H and O–H groups in total. The first-order chi connectivity index (χ1) is 8.76. The predicted octanol–water partition coefficient (Wildman–Crippen LogP) is 1.17. The normalized spacial score (nSPS) is 10.3. The highest BCUT2D eigenvalue weighted by molar-refractivity contribution is 7.99. The summed E-state index contributed by atoms with van der Waals surface area (Å²) in [6.45, 7) is 1.18. The summed E-state index contributed by atoms with van der Waals surface area (Å²) in [7, 11) is 1.65. The van der Waals surface area contributed by atoms with Crippen molar-refractivity contribution in [1.82, 2.24) is 5.32 Å². The average molecular weight is 269 g/mol. The zero-order valence-corrected chi connectivity index (χ0v) is 11.3. The molecule has 1 amide bonds. The van der Waals surface area contributed by atoms with E-state index in [9.17, 15) is 4.79 Å². The van der Waals surface area contributed by atoms with E-state index in [1.54, 1.807) is 18.9 Å². The van der Waals surface area contributed by atoms with Crippen LogP contribution in [-0.4, -0.2) is 36.2 Å². The molecule has 0 bridgehead atoms. The van der Waals surface area contributed by atoms with Gasteiger partial charge in [0.25, 0.3) is 0 Å². The van der Waals surface area contributed by atoms with Crippen molar-refractivity contribution in [2.45, 2.75) is 13.2 Å². The van der Waals surface area contributed by atoms with Crippen molar-refractivity contribution < 1.29 is 14.6 Å². The van der Waals surface area contributed by atoms with Gasteiger partial charge in [-0.05, 0) is 11.1 Å². The van der Waals surface area contributed by atoms with Crippen molar-refractivity contribution in [3.63, 3.8) is 0 Å². The van der Waals surface area contributed by atoms with Gasteiger partial charge in [-0.25, -0.2) is 0 Å². The van der Waals surface area contributed by atoms with Crippen molar-refractivity contribution in [3.05, 3.63) is 35.4 Å². The molecule has 18 heavy (non-hydrogen) atoms.